The van der Waals surface area contributed by atoms with Gasteiger partial charge < -0.3 is 4.90 Å². The molecule has 12 rings (SSSR count). The van der Waals surface area contributed by atoms with Crippen LogP contribution in [0.5, 0.6) is 0 Å². The Morgan fingerprint density at radius 1 is 0.290 bits per heavy atom. The third kappa shape index (κ3) is 6.07. The van der Waals surface area contributed by atoms with Gasteiger partial charge in [0.25, 0.3) is 0 Å². The van der Waals surface area contributed by atoms with Crippen LogP contribution in [0.1, 0.15) is 0 Å². The number of hydrogen-bond acceptors (Lipinski definition) is 2. The van der Waals surface area contributed by atoms with E-state index >= 15 is 0 Å². The van der Waals surface area contributed by atoms with E-state index in [1.807, 2.05) is 11.3 Å². The summed E-state index contributed by atoms with van der Waals surface area (Å²) in [7, 11) is 0. The van der Waals surface area contributed by atoms with E-state index in [0.717, 1.165) is 17.1 Å². The van der Waals surface area contributed by atoms with Gasteiger partial charge in [0.05, 0.1) is 16.1 Å². The van der Waals surface area contributed by atoms with Crippen molar-refractivity contribution in [2.24, 2.45) is 0 Å². The fourth-order valence-electron chi connectivity index (χ4n) is 9.57. The number of para-hydroxylation sites is 1. The highest BCUT2D eigenvalue weighted by atomic mass is 32.1. The molecular weight excluding hydrogens is 767 g/mol. The molecule has 2 heteroatoms. The van der Waals surface area contributed by atoms with Gasteiger partial charge in [-0.05, 0) is 114 Å². The minimum absolute atomic E-state index is 1.11. The van der Waals surface area contributed by atoms with Gasteiger partial charge in [-0.25, -0.2) is 0 Å². The molecule has 0 aliphatic heterocycles. The summed E-state index contributed by atoms with van der Waals surface area (Å²) < 4.78 is 2.56. The van der Waals surface area contributed by atoms with E-state index < -0.39 is 0 Å². The molecule has 1 nitrogen and oxygen atoms in total. The summed E-state index contributed by atoms with van der Waals surface area (Å²) in [6.45, 7) is 0. The summed E-state index contributed by atoms with van der Waals surface area (Å²) in [4.78, 5) is 2.48. The highest BCUT2D eigenvalue weighted by Gasteiger charge is 2.23. The first-order valence-corrected chi connectivity index (χ1v) is 22.1. The van der Waals surface area contributed by atoms with E-state index in [0.29, 0.717) is 0 Å². The maximum absolute atomic E-state index is 2.48. The fourth-order valence-corrected chi connectivity index (χ4v) is 10.8. The molecule has 1 aromatic heterocycles. The average molecular weight is 806 g/mol. The molecule has 0 amide bonds. The zero-order valence-electron chi connectivity index (χ0n) is 33.9. The van der Waals surface area contributed by atoms with Crippen molar-refractivity contribution in [3.8, 4) is 44.5 Å². The van der Waals surface area contributed by atoms with Gasteiger partial charge in [0.1, 0.15) is 0 Å². The van der Waals surface area contributed by atoms with Gasteiger partial charge in [-0.3, -0.25) is 0 Å². The molecule has 0 unspecified atom stereocenters. The monoisotopic (exact) mass is 805 g/mol. The average Bonchev–Trinajstić information content (AvgIpc) is 3.74. The number of thiophene rings is 1. The summed E-state index contributed by atoms with van der Waals surface area (Å²) in [5, 5.41) is 10.1. The Hall–Kier alpha value is -7.78. The maximum Gasteiger partial charge on any atom is 0.0640 e. The SMILES string of the molecule is c1ccc(-c2c(-c3ccccc3)c3cc(-c4ccccc4N(c4ccc(-c5ccc6ccccc6c5)cc4)c4cccc5c4sc4ccccc45)ccc3c3ccccc23)cc1. The van der Waals surface area contributed by atoms with Crippen molar-refractivity contribution < 1.29 is 0 Å². The van der Waals surface area contributed by atoms with E-state index in [9.17, 15) is 0 Å². The first-order chi connectivity index (χ1) is 30.8. The van der Waals surface area contributed by atoms with Crippen molar-refractivity contribution in [2.75, 3.05) is 4.90 Å². The second-order valence-electron chi connectivity index (χ2n) is 16.0. The van der Waals surface area contributed by atoms with E-state index in [1.54, 1.807) is 0 Å². The molecule has 62 heavy (non-hydrogen) atoms. The summed E-state index contributed by atoms with van der Waals surface area (Å²) >= 11 is 1.87. The number of fused-ring (bicyclic) bond motifs is 7. The molecule has 11 aromatic carbocycles. The zero-order valence-corrected chi connectivity index (χ0v) is 34.7. The standard InChI is InChI=1S/C60H39NS/c1-3-17-42(18-4-1)58-52-25-10-9-23-49(52)50-37-34-46(39-54(50)59(58)43-19-5-2-6-20-43)48-22-11-13-27-55(48)61(56-28-15-26-53-51-24-12-14-29-57(51)62-60(53)56)47-35-32-41(33-36-47)45-31-30-40-16-7-8-21-44(40)38-45/h1-39H. The first kappa shape index (κ1) is 36.1. The molecule has 0 bridgehead atoms. The Balaban J connectivity index is 1.09. The Morgan fingerprint density at radius 2 is 0.855 bits per heavy atom. The molecule has 290 valence electrons. The van der Waals surface area contributed by atoms with Gasteiger partial charge in [0.2, 0.25) is 0 Å². The summed E-state index contributed by atoms with van der Waals surface area (Å²) in [5.41, 5.74) is 13.1. The molecule has 0 saturated heterocycles. The maximum atomic E-state index is 2.48. The Kier molecular flexibility index (Phi) is 8.76. The van der Waals surface area contributed by atoms with Gasteiger partial charge >= 0.3 is 0 Å². The van der Waals surface area contributed by atoms with Crippen LogP contribution in [0.25, 0.3) is 97.0 Å². The molecule has 0 atom stereocenters. The number of benzene rings is 11. The lowest BCUT2D eigenvalue weighted by molar-refractivity contribution is 1.30. The van der Waals surface area contributed by atoms with Crippen LogP contribution in [-0.4, -0.2) is 0 Å². The highest BCUT2D eigenvalue weighted by molar-refractivity contribution is 7.26. The number of hydrogen-bond donors (Lipinski definition) is 0. The normalized spacial score (nSPS) is 11.5. The lowest BCUT2D eigenvalue weighted by atomic mass is 9.84. The predicted molar refractivity (Wildman–Crippen MR) is 268 cm³/mol. The van der Waals surface area contributed by atoms with Crippen LogP contribution < -0.4 is 4.90 Å². The van der Waals surface area contributed by atoms with Crippen molar-refractivity contribution in [3.05, 3.63) is 237 Å². The van der Waals surface area contributed by atoms with Gasteiger partial charge in [0, 0.05) is 26.7 Å². The Morgan fingerprint density at radius 3 is 1.65 bits per heavy atom. The third-order valence-electron chi connectivity index (χ3n) is 12.4. The third-order valence-corrected chi connectivity index (χ3v) is 13.6. The van der Waals surface area contributed by atoms with Gasteiger partial charge in [-0.1, -0.05) is 194 Å². The van der Waals surface area contributed by atoms with Crippen molar-refractivity contribution in [1.82, 2.24) is 0 Å². The van der Waals surface area contributed by atoms with Crippen molar-refractivity contribution in [1.29, 1.82) is 0 Å². The predicted octanol–water partition coefficient (Wildman–Crippen LogP) is 17.7. The molecule has 0 spiro atoms. The van der Waals surface area contributed by atoms with Crippen molar-refractivity contribution >= 4 is 80.9 Å². The molecule has 0 saturated carbocycles. The Bertz CT molecular complexity index is 3620. The molecule has 0 aliphatic carbocycles. The minimum Gasteiger partial charge on any atom is -0.308 e. The molecule has 1 heterocycles. The van der Waals surface area contributed by atoms with E-state index in [1.165, 1.54) is 97.0 Å². The summed E-state index contributed by atoms with van der Waals surface area (Å²) in [6, 6.07) is 86.8. The second-order valence-corrected chi connectivity index (χ2v) is 17.1. The van der Waals surface area contributed by atoms with E-state index in [4.69, 9.17) is 0 Å². The lowest BCUT2D eigenvalue weighted by Gasteiger charge is -2.29. The number of anilines is 3. The van der Waals surface area contributed by atoms with Crippen LogP contribution in [0.15, 0.2) is 237 Å². The van der Waals surface area contributed by atoms with Crippen LogP contribution in [0.3, 0.4) is 0 Å². The summed E-state index contributed by atoms with van der Waals surface area (Å²) in [5.74, 6) is 0. The fraction of sp³-hybridized carbons (Fsp3) is 0. The molecule has 0 fully saturated rings. The number of rotatable bonds is 7. The Labute approximate surface area is 365 Å². The largest absolute Gasteiger partial charge is 0.308 e. The highest BCUT2D eigenvalue weighted by Crippen LogP contribution is 2.49. The second kappa shape index (κ2) is 15.0. The van der Waals surface area contributed by atoms with Crippen molar-refractivity contribution in [2.45, 2.75) is 0 Å². The van der Waals surface area contributed by atoms with Crippen molar-refractivity contribution in [3.63, 3.8) is 0 Å². The lowest BCUT2D eigenvalue weighted by Crippen LogP contribution is -2.11. The molecule has 0 aliphatic rings. The number of nitrogens with zero attached hydrogens (tertiary/aromatic N) is 1. The van der Waals surface area contributed by atoms with Gasteiger partial charge in [0.15, 0.2) is 0 Å². The zero-order chi connectivity index (χ0) is 41.0. The molecule has 0 N–H and O–H groups in total. The van der Waals surface area contributed by atoms with E-state index in [-0.39, 0.29) is 0 Å². The van der Waals surface area contributed by atoms with Crippen LogP contribution in [0, 0.1) is 0 Å². The first-order valence-electron chi connectivity index (χ1n) is 21.3. The topological polar surface area (TPSA) is 3.24 Å². The van der Waals surface area contributed by atoms with Gasteiger partial charge in [-0.2, -0.15) is 0 Å². The van der Waals surface area contributed by atoms with Crippen LogP contribution in [-0.2, 0) is 0 Å². The molecule has 0 radical (unpaired) electrons. The van der Waals surface area contributed by atoms with E-state index in [2.05, 4.69) is 241 Å². The summed E-state index contributed by atoms with van der Waals surface area (Å²) in [6.07, 6.45) is 0. The molecule has 12 aromatic rings. The minimum atomic E-state index is 1.11. The smallest absolute Gasteiger partial charge is 0.0640 e. The van der Waals surface area contributed by atoms with Gasteiger partial charge in [-0.15, -0.1) is 11.3 Å². The van der Waals surface area contributed by atoms with Crippen LogP contribution in [0.4, 0.5) is 17.1 Å². The van der Waals surface area contributed by atoms with Crippen LogP contribution in [0.2, 0.25) is 0 Å². The quantitative estimate of drug-likeness (QED) is 0.145. The molecular formula is C60H39NS. The van der Waals surface area contributed by atoms with Crippen LogP contribution >= 0.6 is 11.3 Å².